The van der Waals surface area contributed by atoms with Gasteiger partial charge in [0, 0.05) is 10.6 Å². The third-order valence-corrected chi connectivity index (χ3v) is 3.59. The van der Waals surface area contributed by atoms with Crippen LogP contribution in [0.5, 0.6) is 0 Å². The maximum absolute atomic E-state index is 9.26. The lowest BCUT2D eigenvalue weighted by Gasteiger charge is -2.33. The quantitative estimate of drug-likeness (QED) is 0.710. The van der Waals surface area contributed by atoms with Crippen LogP contribution in [0.1, 0.15) is 12.0 Å². The van der Waals surface area contributed by atoms with E-state index < -0.39 is 5.54 Å². The zero-order valence-corrected chi connectivity index (χ0v) is 8.18. The Balaban J connectivity index is 2.48. The predicted octanol–water partition coefficient (Wildman–Crippen LogP) is 1.33. The van der Waals surface area contributed by atoms with Crippen molar-refractivity contribution in [1.82, 2.24) is 0 Å². The SMILES string of the molecule is NC1(CO)CCSc2ccccc21. The summed E-state index contributed by atoms with van der Waals surface area (Å²) in [5.41, 5.74) is 6.69. The Bertz CT molecular complexity index is 316. The van der Waals surface area contributed by atoms with Gasteiger partial charge in [-0.25, -0.2) is 0 Å². The number of aliphatic hydroxyl groups excluding tert-OH is 1. The smallest absolute Gasteiger partial charge is 0.0663 e. The molecule has 0 fully saturated rings. The molecule has 0 aliphatic carbocycles. The fourth-order valence-corrected chi connectivity index (χ4v) is 2.93. The number of thioether (sulfide) groups is 1. The highest BCUT2D eigenvalue weighted by atomic mass is 32.2. The number of rotatable bonds is 1. The van der Waals surface area contributed by atoms with Crippen molar-refractivity contribution in [1.29, 1.82) is 0 Å². The Morgan fingerprint density at radius 2 is 2.23 bits per heavy atom. The van der Waals surface area contributed by atoms with E-state index in [0.29, 0.717) is 0 Å². The van der Waals surface area contributed by atoms with Crippen molar-refractivity contribution in [2.75, 3.05) is 12.4 Å². The Morgan fingerprint density at radius 3 is 3.00 bits per heavy atom. The minimum atomic E-state index is -0.512. The average Bonchev–Trinajstić information content (AvgIpc) is 2.19. The van der Waals surface area contributed by atoms with Gasteiger partial charge in [-0.3, -0.25) is 0 Å². The van der Waals surface area contributed by atoms with Crippen LogP contribution in [-0.2, 0) is 5.54 Å². The average molecular weight is 195 g/mol. The van der Waals surface area contributed by atoms with E-state index in [9.17, 15) is 5.11 Å². The van der Waals surface area contributed by atoms with Gasteiger partial charge in [0.2, 0.25) is 0 Å². The van der Waals surface area contributed by atoms with E-state index in [-0.39, 0.29) is 6.61 Å². The van der Waals surface area contributed by atoms with Gasteiger partial charge < -0.3 is 10.8 Å². The second-order valence-corrected chi connectivity index (χ2v) is 4.55. The molecule has 1 aliphatic rings. The third-order valence-electron chi connectivity index (χ3n) is 2.51. The first kappa shape index (κ1) is 9.06. The first-order chi connectivity index (χ1) is 6.26. The van der Waals surface area contributed by atoms with E-state index in [0.717, 1.165) is 17.7 Å². The molecule has 70 valence electrons. The summed E-state index contributed by atoms with van der Waals surface area (Å²) in [6, 6.07) is 8.06. The van der Waals surface area contributed by atoms with Crippen LogP contribution in [0, 0.1) is 0 Å². The topological polar surface area (TPSA) is 46.2 Å². The van der Waals surface area contributed by atoms with Crippen LogP contribution in [0.3, 0.4) is 0 Å². The maximum atomic E-state index is 9.26. The van der Waals surface area contributed by atoms with Crippen LogP contribution in [0.4, 0.5) is 0 Å². The van der Waals surface area contributed by atoms with Crippen LogP contribution in [0.15, 0.2) is 29.2 Å². The van der Waals surface area contributed by atoms with Gasteiger partial charge in [-0.05, 0) is 18.1 Å². The number of fused-ring (bicyclic) bond motifs is 1. The van der Waals surface area contributed by atoms with Crippen LogP contribution in [-0.4, -0.2) is 17.5 Å². The lowest BCUT2D eigenvalue weighted by Crippen LogP contribution is -2.43. The molecule has 1 atom stereocenters. The van der Waals surface area contributed by atoms with Crippen molar-refractivity contribution in [3.63, 3.8) is 0 Å². The summed E-state index contributed by atoms with van der Waals surface area (Å²) in [6.45, 7) is 0.0323. The Kier molecular flexibility index (Phi) is 2.32. The molecule has 3 N–H and O–H groups in total. The van der Waals surface area contributed by atoms with Gasteiger partial charge in [0.15, 0.2) is 0 Å². The highest BCUT2D eigenvalue weighted by Crippen LogP contribution is 2.38. The predicted molar refractivity (Wildman–Crippen MR) is 54.7 cm³/mol. The normalized spacial score (nSPS) is 26.9. The molecule has 0 radical (unpaired) electrons. The molecular formula is C10H13NOS. The van der Waals surface area contributed by atoms with Crippen LogP contribution in [0.2, 0.25) is 0 Å². The van der Waals surface area contributed by atoms with Gasteiger partial charge in [-0.1, -0.05) is 18.2 Å². The molecule has 0 saturated carbocycles. The van der Waals surface area contributed by atoms with Crippen molar-refractivity contribution in [3.05, 3.63) is 29.8 Å². The van der Waals surface area contributed by atoms with Gasteiger partial charge in [0.25, 0.3) is 0 Å². The van der Waals surface area contributed by atoms with Crippen molar-refractivity contribution in [2.45, 2.75) is 16.9 Å². The molecule has 1 aliphatic heterocycles. The highest BCUT2D eigenvalue weighted by Gasteiger charge is 2.31. The van der Waals surface area contributed by atoms with Crippen molar-refractivity contribution >= 4 is 11.8 Å². The number of hydrogen-bond acceptors (Lipinski definition) is 3. The van der Waals surface area contributed by atoms with Gasteiger partial charge in [0.1, 0.15) is 0 Å². The van der Waals surface area contributed by atoms with E-state index in [2.05, 4.69) is 6.07 Å². The Morgan fingerprint density at radius 1 is 1.46 bits per heavy atom. The molecule has 1 aromatic rings. The molecule has 1 heterocycles. The molecule has 0 aromatic heterocycles. The van der Waals surface area contributed by atoms with Crippen LogP contribution < -0.4 is 5.73 Å². The highest BCUT2D eigenvalue weighted by molar-refractivity contribution is 7.99. The summed E-state index contributed by atoms with van der Waals surface area (Å²) in [5.74, 6) is 0.994. The third kappa shape index (κ3) is 1.47. The Hall–Kier alpha value is -0.510. The van der Waals surface area contributed by atoms with Crippen molar-refractivity contribution in [2.24, 2.45) is 5.73 Å². The molecule has 1 unspecified atom stereocenters. The minimum absolute atomic E-state index is 0.0323. The zero-order valence-electron chi connectivity index (χ0n) is 7.36. The summed E-state index contributed by atoms with van der Waals surface area (Å²) in [6.07, 6.45) is 0.852. The van der Waals surface area contributed by atoms with E-state index in [1.807, 2.05) is 30.0 Å². The summed E-state index contributed by atoms with van der Waals surface area (Å²) in [5, 5.41) is 9.26. The molecule has 0 bridgehead atoms. The first-order valence-electron chi connectivity index (χ1n) is 4.38. The standard InChI is InChI=1S/C10H13NOS/c11-10(7-12)5-6-13-9-4-2-1-3-8(9)10/h1-4,12H,5-7,11H2. The maximum Gasteiger partial charge on any atom is 0.0663 e. The van der Waals surface area contributed by atoms with E-state index in [4.69, 9.17) is 5.73 Å². The minimum Gasteiger partial charge on any atom is -0.394 e. The molecule has 1 aromatic carbocycles. The molecule has 2 rings (SSSR count). The lowest BCUT2D eigenvalue weighted by atomic mass is 9.89. The van der Waals surface area contributed by atoms with E-state index in [1.165, 1.54) is 4.90 Å². The molecule has 0 spiro atoms. The number of benzene rings is 1. The monoisotopic (exact) mass is 195 g/mol. The summed E-state index contributed by atoms with van der Waals surface area (Å²) >= 11 is 1.82. The molecule has 13 heavy (non-hydrogen) atoms. The van der Waals surface area contributed by atoms with Crippen LogP contribution in [0.25, 0.3) is 0 Å². The zero-order chi connectivity index (χ0) is 9.31. The van der Waals surface area contributed by atoms with Gasteiger partial charge in [0.05, 0.1) is 12.1 Å². The summed E-state index contributed by atoms with van der Waals surface area (Å²) in [4.78, 5) is 1.21. The summed E-state index contributed by atoms with van der Waals surface area (Å²) < 4.78 is 0. The first-order valence-corrected chi connectivity index (χ1v) is 5.37. The molecule has 0 saturated heterocycles. The van der Waals surface area contributed by atoms with Crippen molar-refractivity contribution < 1.29 is 5.11 Å². The number of aliphatic hydroxyl groups is 1. The Labute approximate surface area is 82.1 Å². The molecule has 2 nitrogen and oxygen atoms in total. The number of nitrogens with two attached hydrogens (primary N) is 1. The van der Waals surface area contributed by atoms with Crippen LogP contribution >= 0.6 is 11.8 Å². The molecule has 3 heteroatoms. The largest absolute Gasteiger partial charge is 0.394 e. The van der Waals surface area contributed by atoms with E-state index in [1.54, 1.807) is 0 Å². The van der Waals surface area contributed by atoms with Gasteiger partial charge in [-0.15, -0.1) is 11.8 Å². The summed E-state index contributed by atoms with van der Waals surface area (Å²) in [7, 11) is 0. The fraction of sp³-hybridized carbons (Fsp3) is 0.400. The van der Waals surface area contributed by atoms with Gasteiger partial charge in [-0.2, -0.15) is 0 Å². The molecular weight excluding hydrogens is 182 g/mol. The fourth-order valence-electron chi connectivity index (χ4n) is 1.65. The van der Waals surface area contributed by atoms with E-state index >= 15 is 0 Å². The molecule has 0 amide bonds. The van der Waals surface area contributed by atoms with Crippen molar-refractivity contribution in [3.8, 4) is 0 Å². The number of hydrogen-bond donors (Lipinski definition) is 2. The lowest BCUT2D eigenvalue weighted by molar-refractivity contribution is 0.189. The second kappa shape index (κ2) is 3.33. The van der Waals surface area contributed by atoms with Gasteiger partial charge >= 0.3 is 0 Å². The second-order valence-electron chi connectivity index (χ2n) is 3.41.